The van der Waals surface area contributed by atoms with E-state index < -0.39 is 0 Å². The van der Waals surface area contributed by atoms with Crippen molar-refractivity contribution in [3.05, 3.63) is 28.8 Å². The first-order chi connectivity index (χ1) is 9.12. The first-order valence-corrected chi connectivity index (χ1v) is 7.11. The van der Waals surface area contributed by atoms with Gasteiger partial charge in [-0.25, -0.2) is 0 Å². The fourth-order valence-corrected chi connectivity index (χ4v) is 2.42. The summed E-state index contributed by atoms with van der Waals surface area (Å²) in [4.78, 5) is 0. The molecule has 3 nitrogen and oxygen atoms in total. The van der Waals surface area contributed by atoms with E-state index in [1.54, 1.807) is 7.11 Å². The predicted octanol–water partition coefficient (Wildman–Crippen LogP) is 2.65. The van der Waals surface area contributed by atoms with Crippen LogP contribution in [-0.2, 0) is 6.54 Å². The molecular weight excluding hydrogens is 236 g/mol. The highest BCUT2D eigenvalue weighted by atomic mass is 16.5. The number of ether oxygens (including phenoxy) is 1. The number of rotatable bonds is 8. The number of hydrogen-bond acceptors (Lipinski definition) is 3. The average molecular weight is 264 g/mol. The summed E-state index contributed by atoms with van der Waals surface area (Å²) in [6.45, 7) is 9.46. The lowest BCUT2D eigenvalue weighted by Gasteiger charge is -2.17. The molecule has 0 spiro atoms. The van der Waals surface area contributed by atoms with Crippen molar-refractivity contribution in [3.8, 4) is 5.75 Å². The third-order valence-corrected chi connectivity index (χ3v) is 3.60. The summed E-state index contributed by atoms with van der Waals surface area (Å²) in [6, 6.07) is 4.32. The third kappa shape index (κ3) is 4.84. The lowest BCUT2D eigenvalue weighted by atomic mass is 10.0. The molecule has 0 aliphatic carbocycles. The molecule has 0 aliphatic heterocycles. The van der Waals surface area contributed by atoms with E-state index in [4.69, 9.17) is 4.74 Å². The van der Waals surface area contributed by atoms with Gasteiger partial charge in [0.1, 0.15) is 5.75 Å². The Morgan fingerprint density at radius 3 is 2.53 bits per heavy atom. The molecule has 1 rings (SSSR count). The largest absolute Gasteiger partial charge is 0.496 e. The van der Waals surface area contributed by atoms with Crippen molar-refractivity contribution in [2.75, 3.05) is 27.2 Å². The van der Waals surface area contributed by atoms with E-state index >= 15 is 0 Å². The maximum atomic E-state index is 5.49. The van der Waals surface area contributed by atoms with Crippen LogP contribution in [0.1, 0.15) is 30.0 Å². The molecule has 108 valence electrons. The lowest BCUT2D eigenvalue weighted by molar-refractivity contribution is 0.402. The molecule has 0 radical (unpaired) electrons. The molecule has 0 amide bonds. The van der Waals surface area contributed by atoms with Gasteiger partial charge in [-0.15, -0.1) is 0 Å². The Morgan fingerprint density at radius 1 is 1.21 bits per heavy atom. The molecular formula is C16H28N2O. The van der Waals surface area contributed by atoms with Crippen molar-refractivity contribution in [1.29, 1.82) is 0 Å². The summed E-state index contributed by atoms with van der Waals surface area (Å²) in [5, 5.41) is 6.80. The summed E-state index contributed by atoms with van der Waals surface area (Å²) in [6.07, 6.45) is 1.19. The van der Waals surface area contributed by atoms with Gasteiger partial charge in [-0.3, -0.25) is 0 Å². The second-order valence-electron chi connectivity index (χ2n) is 5.23. The molecule has 1 aromatic carbocycles. The zero-order chi connectivity index (χ0) is 14.3. The number of methoxy groups -OCH3 is 1. The Kier molecular flexibility index (Phi) is 6.89. The van der Waals surface area contributed by atoms with Crippen molar-refractivity contribution in [2.45, 2.75) is 33.7 Å². The highest BCUT2D eigenvalue weighted by Crippen LogP contribution is 2.23. The Morgan fingerprint density at radius 2 is 1.95 bits per heavy atom. The first kappa shape index (κ1) is 16.0. The minimum Gasteiger partial charge on any atom is -0.496 e. The number of hydrogen-bond donors (Lipinski definition) is 2. The fourth-order valence-electron chi connectivity index (χ4n) is 2.42. The minimum atomic E-state index is 0.682. The molecule has 0 aromatic heterocycles. The van der Waals surface area contributed by atoms with E-state index in [0.29, 0.717) is 5.92 Å². The van der Waals surface area contributed by atoms with Gasteiger partial charge in [0.2, 0.25) is 0 Å². The SMILES string of the molecule is CCC(CNC)CNCc1c(C)cc(C)cc1OC. The summed E-state index contributed by atoms with van der Waals surface area (Å²) in [5.74, 6) is 1.67. The molecule has 0 saturated heterocycles. The Hall–Kier alpha value is -1.06. The summed E-state index contributed by atoms with van der Waals surface area (Å²) in [7, 11) is 3.75. The second-order valence-corrected chi connectivity index (χ2v) is 5.23. The van der Waals surface area contributed by atoms with Gasteiger partial charge in [0.15, 0.2) is 0 Å². The van der Waals surface area contributed by atoms with E-state index in [1.807, 2.05) is 7.05 Å². The van der Waals surface area contributed by atoms with Crippen LogP contribution in [0.15, 0.2) is 12.1 Å². The van der Waals surface area contributed by atoms with E-state index in [0.717, 1.165) is 25.4 Å². The van der Waals surface area contributed by atoms with Gasteiger partial charge >= 0.3 is 0 Å². The van der Waals surface area contributed by atoms with Crippen molar-refractivity contribution in [1.82, 2.24) is 10.6 Å². The van der Waals surface area contributed by atoms with Gasteiger partial charge in [-0.05, 0) is 57.1 Å². The van der Waals surface area contributed by atoms with Crippen LogP contribution in [-0.4, -0.2) is 27.2 Å². The molecule has 2 N–H and O–H groups in total. The van der Waals surface area contributed by atoms with Crippen LogP contribution in [0.2, 0.25) is 0 Å². The zero-order valence-electron chi connectivity index (χ0n) is 13.0. The zero-order valence-corrected chi connectivity index (χ0v) is 13.0. The van der Waals surface area contributed by atoms with Crippen molar-refractivity contribution in [2.24, 2.45) is 5.92 Å². The molecule has 0 fully saturated rings. The molecule has 3 heteroatoms. The fraction of sp³-hybridized carbons (Fsp3) is 0.625. The first-order valence-electron chi connectivity index (χ1n) is 7.11. The van der Waals surface area contributed by atoms with Crippen molar-refractivity contribution in [3.63, 3.8) is 0 Å². The molecule has 1 aromatic rings. The quantitative estimate of drug-likeness (QED) is 0.757. The highest BCUT2D eigenvalue weighted by Gasteiger charge is 2.09. The van der Waals surface area contributed by atoms with Gasteiger partial charge in [0.25, 0.3) is 0 Å². The standard InChI is InChI=1S/C16H28N2O/c1-6-14(9-17-4)10-18-11-15-13(3)7-12(2)8-16(15)19-5/h7-8,14,17-18H,6,9-11H2,1-5H3. The van der Waals surface area contributed by atoms with Gasteiger partial charge in [0.05, 0.1) is 7.11 Å². The van der Waals surface area contributed by atoms with Gasteiger partial charge in [-0.1, -0.05) is 19.4 Å². The molecule has 0 saturated carbocycles. The number of aryl methyl sites for hydroxylation is 2. The second kappa shape index (κ2) is 8.18. The molecule has 0 heterocycles. The third-order valence-electron chi connectivity index (χ3n) is 3.60. The van der Waals surface area contributed by atoms with Crippen LogP contribution < -0.4 is 15.4 Å². The predicted molar refractivity (Wildman–Crippen MR) is 81.9 cm³/mol. The van der Waals surface area contributed by atoms with Gasteiger partial charge < -0.3 is 15.4 Å². The molecule has 1 atom stereocenters. The normalized spacial score (nSPS) is 12.5. The maximum Gasteiger partial charge on any atom is 0.123 e. The summed E-state index contributed by atoms with van der Waals surface area (Å²) >= 11 is 0. The van der Waals surface area contributed by atoms with Crippen molar-refractivity contribution >= 4 is 0 Å². The molecule has 0 aliphatic rings. The van der Waals surface area contributed by atoms with E-state index in [2.05, 4.69) is 43.5 Å². The van der Waals surface area contributed by atoms with Crippen LogP contribution in [0.5, 0.6) is 5.75 Å². The Balaban J connectivity index is 2.62. The van der Waals surface area contributed by atoms with Gasteiger partial charge in [0, 0.05) is 12.1 Å². The van der Waals surface area contributed by atoms with Crippen LogP contribution in [0, 0.1) is 19.8 Å². The summed E-state index contributed by atoms with van der Waals surface area (Å²) in [5.41, 5.74) is 3.82. The topological polar surface area (TPSA) is 33.3 Å². The maximum absolute atomic E-state index is 5.49. The van der Waals surface area contributed by atoms with Crippen LogP contribution >= 0.6 is 0 Å². The highest BCUT2D eigenvalue weighted by molar-refractivity contribution is 5.42. The van der Waals surface area contributed by atoms with Crippen LogP contribution in [0.4, 0.5) is 0 Å². The molecule has 1 unspecified atom stereocenters. The molecule has 0 bridgehead atoms. The Bertz CT molecular complexity index is 391. The summed E-state index contributed by atoms with van der Waals surface area (Å²) < 4.78 is 5.49. The molecule has 19 heavy (non-hydrogen) atoms. The van der Waals surface area contributed by atoms with Crippen LogP contribution in [0.25, 0.3) is 0 Å². The van der Waals surface area contributed by atoms with Crippen molar-refractivity contribution < 1.29 is 4.74 Å². The minimum absolute atomic E-state index is 0.682. The smallest absolute Gasteiger partial charge is 0.123 e. The monoisotopic (exact) mass is 264 g/mol. The van der Waals surface area contributed by atoms with E-state index in [9.17, 15) is 0 Å². The number of benzene rings is 1. The van der Waals surface area contributed by atoms with E-state index in [1.165, 1.54) is 23.1 Å². The average Bonchev–Trinajstić information content (AvgIpc) is 2.39. The van der Waals surface area contributed by atoms with Gasteiger partial charge in [-0.2, -0.15) is 0 Å². The lowest BCUT2D eigenvalue weighted by Crippen LogP contribution is -2.29. The van der Waals surface area contributed by atoms with Crippen LogP contribution in [0.3, 0.4) is 0 Å². The number of nitrogens with one attached hydrogen (secondary N) is 2. The Labute approximate surface area is 117 Å². The van der Waals surface area contributed by atoms with E-state index in [-0.39, 0.29) is 0 Å².